The molecule has 2 unspecified atom stereocenters. The second-order valence-electron chi connectivity index (χ2n) is 4.50. The van der Waals surface area contributed by atoms with Crippen LogP contribution in [0.4, 0.5) is 0 Å². The summed E-state index contributed by atoms with van der Waals surface area (Å²) in [5.41, 5.74) is 3.31. The smallest absolute Gasteiger partial charge is 0.0954 e. The van der Waals surface area contributed by atoms with Gasteiger partial charge in [-0.15, -0.1) is 0 Å². The third-order valence-electron chi connectivity index (χ3n) is 3.69. The predicted octanol–water partition coefficient (Wildman–Crippen LogP) is 2.70. The normalized spacial score (nSPS) is 33.4. The van der Waals surface area contributed by atoms with Crippen LogP contribution in [0.2, 0.25) is 0 Å². The van der Waals surface area contributed by atoms with E-state index in [0.717, 1.165) is 36.8 Å². The van der Waals surface area contributed by atoms with E-state index in [0.29, 0.717) is 11.7 Å². The molecule has 0 saturated carbocycles. The topological polar surface area (TPSA) is 40.5 Å². The molecule has 2 aliphatic rings. The van der Waals surface area contributed by atoms with Gasteiger partial charge in [0, 0.05) is 6.42 Å². The van der Waals surface area contributed by atoms with Crippen LogP contribution < -0.4 is 0 Å². The molecule has 0 saturated heterocycles. The summed E-state index contributed by atoms with van der Waals surface area (Å²) in [6, 6.07) is 0. The van der Waals surface area contributed by atoms with Gasteiger partial charge >= 0.3 is 0 Å². The van der Waals surface area contributed by atoms with Crippen molar-refractivity contribution < 1.29 is 10.2 Å². The maximum absolute atomic E-state index is 9.76. The lowest BCUT2D eigenvalue weighted by molar-refractivity contribution is 0.173. The number of fused-ring (bicyclic) bond motifs is 1. The largest absolute Gasteiger partial charge is 0.512 e. The summed E-state index contributed by atoms with van der Waals surface area (Å²) in [4.78, 5) is 0. The van der Waals surface area contributed by atoms with E-state index in [9.17, 15) is 10.2 Å². The van der Waals surface area contributed by atoms with Crippen LogP contribution in [0.3, 0.4) is 0 Å². The van der Waals surface area contributed by atoms with E-state index in [1.54, 1.807) is 0 Å². The molecule has 0 bridgehead atoms. The van der Waals surface area contributed by atoms with Crippen molar-refractivity contribution in [1.29, 1.82) is 0 Å². The fourth-order valence-corrected chi connectivity index (χ4v) is 2.77. The zero-order valence-electron chi connectivity index (χ0n) is 8.88. The van der Waals surface area contributed by atoms with Crippen LogP contribution >= 0.6 is 0 Å². The average molecular weight is 194 g/mol. The van der Waals surface area contributed by atoms with Crippen LogP contribution in [0.1, 0.15) is 39.5 Å². The Labute approximate surface area is 85.0 Å². The zero-order chi connectivity index (χ0) is 10.3. The fourth-order valence-electron chi connectivity index (χ4n) is 2.77. The van der Waals surface area contributed by atoms with Gasteiger partial charge in [0.25, 0.3) is 0 Å². The second kappa shape index (κ2) is 3.43. The van der Waals surface area contributed by atoms with Crippen LogP contribution in [-0.2, 0) is 0 Å². The van der Waals surface area contributed by atoms with E-state index in [4.69, 9.17) is 0 Å². The second-order valence-corrected chi connectivity index (χ2v) is 4.50. The fraction of sp³-hybridized carbons (Fsp3) is 0.667. The zero-order valence-corrected chi connectivity index (χ0v) is 8.88. The Morgan fingerprint density at radius 3 is 2.57 bits per heavy atom. The Hall–Kier alpha value is -0.760. The molecule has 2 N–H and O–H groups in total. The summed E-state index contributed by atoms with van der Waals surface area (Å²) in [5.74, 6) is 1.10. The number of hydrogen-bond donors (Lipinski definition) is 2. The summed E-state index contributed by atoms with van der Waals surface area (Å²) < 4.78 is 0. The molecule has 0 fully saturated rings. The van der Waals surface area contributed by atoms with Crippen molar-refractivity contribution in [3.8, 4) is 0 Å². The SMILES string of the molecule is CC1=C(O)CCC2CCC(O)C(C)=C12. The summed E-state index contributed by atoms with van der Waals surface area (Å²) >= 11 is 0. The highest BCUT2D eigenvalue weighted by atomic mass is 16.3. The molecule has 0 aromatic carbocycles. The molecule has 0 radical (unpaired) electrons. The number of allylic oxidation sites excluding steroid dienone is 3. The minimum atomic E-state index is -0.290. The lowest BCUT2D eigenvalue weighted by atomic mass is 9.73. The first-order valence-electron chi connectivity index (χ1n) is 5.39. The summed E-state index contributed by atoms with van der Waals surface area (Å²) in [5, 5.41) is 19.4. The molecule has 2 aliphatic carbocycles. The molecular formula is C12H18O2. The molecule has 14 heavy (non-hydrogen) atoms. The molecule has 0 aromatic heterocycles. The van der Waals surface area contributed by atoms with E-state index in [1.165, 1.54) is 5.57 Å². The molecule has 0 amide bonds. The molecule has 0 aliphatic heterocycles. The van der Waals surface area contributed by atoms with E-state index in [-0.39, 0.29) is 6.10 Å². The maximum atomic E-state index is 9.76. The van der Waals surface area contributed by atoms with Gasteiger partial charge in [-0.25, -0.2) is 0 Å². The minimum absolute atomic E-state index is 0.290. The predicted molar refractivity (Wildman–Crippen MR) is 56.0 cm³/mol. The Kier molecular flexibility index (Phi) is 2.40. The molecule has 0 aromatic rings. The van der Waals surface area contributed by atoms with Gasteiger partial charge in [-0.3, -0.25) is 0 Å². The lowest BCUT2D eigenvalue weighted by Crippen LogP contribution is -2.25. The van der Waals surface area contributed by atoms with Gasteiger partial charge < -0.3 is 10.2 Å². The summed E-state index contributed by atoms with van der Waals surface area (Å²) in [6.45, 7) is 3.96. The van der Waals surface area contributed by atoms with Crippen molar-refractivity contribution in [2.45, 2.75) is 45.6 Å². The minimum Gasteiger partial charge on any atom is -0.512 e. The standard InChI is InChI=1S/C12H18O2/c1-7-10(13)5-3-9-4-6-11(14)8(2)12(7)9/h9-10,13-14H,3-6H2,1-2H3. The van der Waals surface area contributed by atoms with Crippen molar-refractivity contribution in [2.75, 3.05) is 0 Å². The number of aliphatic hydroxyl groups excluding tert-OH is 2. The van der Waals surface area contributed by atoms with Gasteiger partial charge in [-0.05, 0) is 55.7 Å². The van der Waals surface area contributed by atoms with Crippen LogP contribution in [0.15, 0.2) is 22.5 Å². The summed E-state index contributed by atoms with van der Waals surface area (Å²) in [6.07, 6.45) is 3.51. The van der Waals surface area contributed by atoms with Crippen LogP contribution in [0, 0.1) is 5.92 Å². The maximum Gasteiger partial charge on any atom is 0.0954 e. The molecule has 2 rings (SSSR count). The van der Waals surface area contributed by atoms with Gasteiger partial charge in [0.15, 0.2) is 0 Å². The van der Waals surface area contributed by atoms with E-state index in [2.05, 4.69) is 0 Å². The third kappa shape index (κ3) is 1.38. The average Bonchev–Trinajstić information content (AvgIpc) is 2.17. The first-order valence-corrected chi connectivity index (χ1v) is 5.39. The molecule has 0 heterocycles. The number of hydrogen-bond acceptors (Lipinski definition) is 2. The summed E-state index contributed by atoms with van der Waals surface area (Å²) in [7, 11) is 0. The van der Waals surface area contributed by atoms with E-state index < -0.39 is 0 Å². The van der Waals surface area contributed by atoms with Gasteiger partial charge in [0.1, 0.15) is 0 Å². The highest BCUT2D eigenvalue weighted by Gasteiger charge is 2.31. The Morgan fingerprint density at radius 1 is 1.14 bits per heavy atom. The Bertz CT molecular complexity index is 312. The molecule has 2 nitrogen and oxygen atoms in total. The van der Waals surface area contributed by atoms with Crippen LogP contribution in [0.5, 0.6) is 0 Å². The van der Waals surface area contributed by atoms with Gasteiger partial charge in [0.2, 0.25) is 0 Å². The highest BCUT2D eigenvalue weighted by molar-refractivity contribution is 5.41. The molecule has 0 spiro atoms. The number of aliphatic hydroxyl groups is 2. The first kappa shape index (κ1) is 9.78. The van der Waals surface area contributed by atoms with Crippen molar-refractivity contribution in [3.05, 3.63) is 22.5 Å². The Balaban J connectivity index is 2.47. The van der Waals surface area contributed by atoms with Gasteiger partial charge in [-0.2, -0.15) is 0 Å². The van der Waals surface area contributed by atoms with Crippen molar-refractivity contribution >= 4 is 0 Å². The van der Waals surface area contributed by atoms with E-state index >= 15 is 0 Å². The van der Waals surface area contributed by atoms with Crippen molar-refractivity contribution in [3.63, 3.8) is 0 Å². The number of rotatable bonds is 0. The molecule has 78 valence electrons. The van der Waals surface area contributed by atoms with E-state index in [1.807, 2.05) is 13.8 Å². The quantitative estimate of drug-likeness (QED) is 0.622. The molecule has 2 heteroatoms. The van der Waals surface area contributed by atoms with Crippen molar-refractivity contribution in [1.82, 2.24) is 0 Å². The van der Waals surface area contributed by atoms with Gasteiger partial charge in [0.05, 0.1) is 11.9 Å². The lowest BCUT2D eigenvalue weighted by Gasteiger charge is -2.34. The first-order chi connectivity index (χ1) is 6.61. The molecular weight excluding hydrogens is 176 g/mol. The highest BCUT2D eigenvalue weighted by Crippen LogP contribution is 2.42. The van der Waals surface area contributed by atoms with Crippen LogP contribution in [-0.4, -0.2) is 16.3 Å². The molecule has 2 atom stereocenters. The van der Waals surface area contributed by atoms with Crippen molar-refractivity contribution in [2.24, 2.45) is 5.92 Å². The monoisotopic (exact) mass is 194 g/mol. The Morgan fingerprint density at radius 2 is 1.86 bits per heavy atom. The van der Waals surface area contributed by atoms with Crippen LogP contribution in [0.25, 0.3) is 0 Å². The van der Waals surface area contributed by atoms with Gasteiger partial charge in [-0.1, -0.05) is 0 Å². The third-order valence-corrected chi connectivity index (χ3v) is 3.69.